The minimum Gasteiger partial charge on any atom is -0.480 e. The van der Waals surface area contributed by atoms with Gasteiger partial charge in [0.1, 0.15) is 11.6 Å². The molecule has 3 fully saturated rings. The molecule has 8 atom stereocenters. The highest BCUT2D eigenvalue weighted by Crippen LogP contribution is 2.67. The molecule has 3 saturated carbocycles. The van der Waals surface area contributed by atoms with Crippen LogP contribution in [0.1, 0.15) is 77.2 Å². The highest BCUT2D eigenvalue weighted by atomic mass is 16.5. The summed E-state index contributed by atoms with van der Waals surface area (Å²) in [6.07, 6.45) is 4.20. The molecule has 0 radical (unpaired) electrons. The fraction of sp³-hybridized carbons (Fsp3) is 0.618. The summed E-state index contributed by atoms with van der Waals surface area (Å²) in [6.45, 7) is 3.35. The number of aliphatic hydroxyl groups excluding tert-OH is 1. The Morgan fingerprint density at radius 2 is 1.77 bits per heavy atom. The van der Waals surface area contributed by atoms with Gasteiger partial charge in [-0.05, 0) is 73.3 Å². The van der Waals surface area contributed by atoms with E-state index in [0.29, 0.717) is 19.3 Å². The molecule has 238 valence electrons. The van der Waals surface area contributed by atoms with Crippen LogP contribution in [0.3, 0.4) is 0 Å². The molecule has 1 aromatic rings. The molecule has 44 heavy (non-hydrogen) atoms. The van der Waals surface area contributed by atoms with Gasteiger partial charge in [0, 0.05) is 24.7 Å². The zero-order chi connectivity index (χ0) is 31.9. The molecular weight excluding hydrogens is 566 g/mol. The largest absolute Gasteiger partial charge is 0.480 e. The van der Waals surface area contributed by atoms with Crippen molar-refractivity contribution in [1.29, 1.82) is 0 Å². The summed E-state index contributed by atoms with van der Waals surface area (Å²) in [6, 6.07) is 7.70. The van der Waals surface area contributed by atoms with Crippen molar-refractivity contribution in [2.24, 2.45) is 28.6 Å². The number of Topliss-reactive ketones (excluding diaryl/α,β-unsaturated/α-hetero) is 1. The monoisotopic (exact) mass is 609 g/mol. The van der Waals surface area contributed by atoms with Gasteiger partial charge in [-0.1, -0.05) is 49.8 Å². The number of rotatable bonds is 10. The predicted octanol–water partition coefficient (Wildman–Crippen LogP) is 2.92. The average Bonchev–Trinajstić information content (AvgIpc) is 3.25. The third kappa shape index (κ3) is 5.74. The first-order valence-electron chi connectivity index (χ1n) is 15.7. The number of esters is 1. The molecule has 4 aliphatic rings. The molecule has 4 aliphatic carbocycles. The van der Waals surface area contributed by atoms with E-state index in [0.717, 1.165) is 24.0 Å². The van der Waals surface area contributed by atoms with Gasteiger partial charge in [0.15, 0.2) is 12.4 Å². The second-order valence-electron chi connectivity index (χ2n) is 13.7. The quantitative estimate of drug-likeness (QED) is 0.292. The van der Waals surface area contributed by atoms with Crippen LogP contribution in [0.5, 0.6) is 0 Å². The van der Waals surface area contributed by atoms with Gasteiger partial charge in [-0.15, -0.1) is 0 Å². The van der Waals surface area contributed by atoms with Gasteiger partial charge in [-0.25, -0.2) is 4.79 Å². The first kappa shape index (κ1) is 32.0. The van der Waals surface area contributed by atoms with Crippen LogP contribution in [0.15, 0.2) is 42.0 Å². The molecule has 0 bridgehead atoms. The number of carbonyl (C=O) groups excluding carboxylic acids is 4. The lowest BCUT2D eigenvalue weighted by molar-refractivity contribution is -0.184. The summed E-state index contributed by atoms with van der Waals surface area (Å²) in [5.41, 5.74) is -1.10. The lowest BCUT2D eigenvalue weighted by Gasteiger charge is -2.60. The molecule has 5 rings (SSSR count). The Hall–Kier alpha value is -3.37. The van der Waals surface area contributed by atoms with E-state index in [1.165, 1.54) is 0 Å². The van der Waals surface area contributed by atoms with E-state index < -0.39 is 53.4 Å². The Kier molecular flexibility index (Phi) is 8.88. The van der Waals surface area contributed by atoms with Gasteiger partial charge >= 0.3 is 11.9 Å². The van der Waals surface area contributed by atoms with Crippen LogP contribution in [0.4, 0.5) is 0 Å². The first-order valence-corrected chi connectivity index (χ1v) is 15.7. The number of carbonyl (C=O) groups is 5. The predicted molar refractivity (Wildman–Crippen MR) is 158 cm³/mol. The van der Waals surface area contributed by atoms with Crippen molar-refractivity contribution < 1.29 is 44.0 Å². The summed E-state index contributed by atoms with van der Waals surface area (Å²) in [5.74, 6) is -3.07. The number of ether oxygens (including phenoxy) is 1. The van der Waals surface area contributed by atoms with E-state index in [2.05, 4.69) is 12.2 Å². The van der Waals surface area contributed by atoms with Crippen LogP contribution < -0.4 is 5.32 Å². The van der Waals surface area contributed by atoms with Crippen molar-refractivity contribution in [2.45, 2.75) is 95.8 Å². The molecule has 1 aromatic carbocycles. The van der Waals surface area contributed by atoms with Crippen molar-refractivity contribution in [3.63, 3.8) is 0 Å². The van der Waals surface area contributed by atoms with Crippen molar-refractivity contribution in [1.82, 2.24) is 5.32 Å². The van der Waals surface area contributed by atoms with Gasteiger partial charge in [-0.3, -0.25) is 19.2 Å². The van der Waals surface area contributed by atoms with Gasteiger partial charge in [0.25, 0.3) is 0 Å². The van der Waals surface area contributed by atoms with Crippen LogP contribution in [0.25, 0.3) is 0 Å². The van der Waals surface area contributed by atoms with Crippen LogP contribution in [-0.2, 0) is 35.1 Å². The molecule has 4 N–H and O–H groups in total. The van der Waals surface area contributed by atoms with Gasteiger partial charge in [-0.2, -0.15) is 0 Å². The zero-order valence-electron chi connectivity index (χ0n) is 25.4. The summed E-state index contributed by atoms with van der Waals surface area (Å²) in [5, 5.41) is 35.3. The molecule has 0 aromatic heterocycles. The Morgan fingerprint density at radius 1 is 1.05 bits per heavy atom. The number of amides is 1. The van der Waals surface area contributed by atoms with Crippen LogP contribution in [0.2, 0.25) is 0 Å². The number of aliphatic carboxylic acids is 1. The van der Waals surface area contributed by atoms with Crippen molar-refractivity contribution >= 4 is 29.4 Å². The van der Waals surface area contributed by atoms with Gasteiger partial charge in [0.2, 0.25) is 11.7 Å². The molecule has 0 spiro atoms. The summed E-state index contributed by atoms with van der Waals surface area (Å²) in [7, 11) is 0. The topological polar surface area (TPSA) is 167 Å². The number of allylic oxidation sites excluding steroid dienone is 1. The van der Waals surface area contributed by atoms with Crippen LogP contribution in [0, 0.1) is 28.6 Å². The smallest absolute Gasteiger partial charge is 0.326 e. The van der Waals surface area contributed by atoms with E-state index in [-0.39, 0.29) is 61.1 Å². The number of hydrogen-bond acceptors (Lipinski definition) is 8. The molecule has 10 heteroatoms. The number of fused-ring (bicyclic) bond motifs is 5. The Morgan fingerprint density at radius 3 is 2.48 bits per heavy atom. The standard InChI is InChI=1S/C34H43NO9/c1-32-14-12-22(36)17-21(32)8-9-23-24-13-15-34(43,33(24,2)18-26(37)30(23)32)27(38)19-44-29(40)11-10-28(39)35-25(31(41)42)16-20-6-4-3-5-7-20/h3-7,17,23-26,30,37,43H,8-16,18-19H2,1-2H3,(H,35,39)(H,41,42)/t23-,24-,25-,26+,30+,32-,33-,34-/m0/s1. The van der Waals surface area contributed by atoms with Crippen LogP contribution in [-0.4, -0.2) is 69.1 Å². The Bertz CT molecular complexity index is 1360. The minimum atomic E-state index is -1.77. The number of carboxylic acid groups (broad SMARTS) is 1. The van der Waals surface area contributed by atoms with E-state index in [4.69, 9.17) is 4.74 Å². The van der Waals surface area contributed by atoms with E-state index >= 15 is 0 Å². The normalized spacial score (nSPS) is 34.9. The highest BCUT2D eigenvalue weighted by Gasteiger charge is 2.68. The molecule has 0 unspecified atom stereocenters. The minimum absolute atomic E-state index is 0.00156. The molecule has 0 heterocycles. The van der Waals surface area contributed by atoms with Crippen molar-refractivity contribution in [2.75, 3.05) is 6.61 Å². The lowest BCUT2D eigenvalue weighted by atomic mass is 9.45. The molecule has 0 aliphatic heterocycles. The van der Waals surface area contributed by atoms with Crippen molar-refractivity contribution in [3.8, 4) is 0 Å². The average molecular weight is 610 g/mol. The van der Waals surface area contributed by atoms with E-state index in [1.807, 2.05) is 6.92 Å². The van der Waals surface area contributed by atoms with Gasteiger partial charge in [0.05, 0.1) is 12.5 Å². The fourth-order valence-electron chi connectivity index (χ4n) is 9.02. The van der Waals surface area contributed by atoms with Crippen molar-refractivity contribution in [3.05, 3.63) is 47.5 Å². The number of aliphatic hydroxyl groups is 2. The van der Waals surface area contributed by atoms with Gasteiger partial charge < -0.3 is 25.4 Å². The lowest BCUT2D eigenvalue weighted by Crippen LogP contribution is -2.62. The molecule has 0 saturated heterocycles. The third-order valence-corrected chi connectivity index (χ3v) is 11.3. The third-order valence-electron chi connectivity index (χ3n) is 11.3. The second-order valence-corrected chi connectivity index (χ2v) is 13.7. The number of benzene rings is 1. The van der Waals surface area contributed by atoms with E-state index in [1.54, 1.807) is 36.4 Å². The SMILES string of the molecule is C[C@]12CCC(=O)C=C1CC[C@@H]1[C@@H]2[C@H](O)C[C@@]2(C)[C@H]1CC[C@]2(O)C(=O)COC(=O)CCC(=O)N[C@@H](Cc1ccccc1)C(=O)O. The number of nitrogens with one attached hydrogen (secondary N) is 1. The summed E-state index contributed by atoms with van der Waals surface area (Å²) >= 11 is 0. The summed E-state index contributed by atoms with van der Waals surface area (Å²) in [4.78, 5) is 62.1. The number of hydrogen-bond donors (Lipinski definition) is 4. The Balaban J connectivity index is 1.16. The maximum Gasteiger partial charge on any atom is 0.326 e. The van der Waals surface area contributed by atoms with E-state index in [9.17, 15) is 39.3 Å². The Labute approximate surface area is 257 Å². The number of ketones is 2. The molecule has 1 amide bonds. The number of carboxylic acids is 1. The second kappa shape index (κ2) is 12.2. The molecule has 10 nitrogen and oxygen atoms in total. The fourth-order valence-corrected chi connectivity index (χ4v) is 9.02. The molecular formula is C34H43NO9. The highest BCUT2D eigenvalue weighted by molar-refractivity contribution is 5.92. The zero-order valence-corrected chi connectivity index (χ0v) is 25.4. The maximum atomic E-state index is 13.5. The maximum absolute atomic E-state index is 13.5. The first-order chi connectivity index (χ1) is 20.8. The summed E-state index contributed by atoms with van der Waals surface area (Å²) < 4.78 is 5.19. The van der Waals surface area contributed by atoms with Crippen LogP contribution >= 0.6 is 0 Å².